The van der Waals surface area contributed by atoms with Crippen LogP contribution in [0.25, 0.3) is 0 Å². The molecule has 3 rings (SSSR count). The average Bonchev–Trinajstić information content (AvgIpc) is 3.07. The van der Waals surface area contributed by atoms with E-state index in [4.69, 9.17) is 27.9 Å². The summed E-state index contributed by atoms with van der Waals surface area (Å²) in [7, 11) is 1.66. The van der Waals surface area contributed by atoms with Gasteiger partial charge in [0.25, 0.3) is 0 Å². The van der Waals surface area contributed by atoms with Gasteiger partial charge in [0.05, 0.1) is 27.0 Å². The number of nitrogens with zero attached hydrogens (tertiary/aromatic N) is 3. The van der Waals surface area contributed by atoms with E-state index < -0.39 is 11.7 Å². The van der Waals surface area contributed by atoms with Gasteiger partial charge < -0.3 is 14.6 Å². The van der Waals surface area contributed by atoms with Gasteiger partial charge in [-0.3, -0.25) is 4.79 Å². The Kier molecular flexibility index (Phi) is 7.34. The first-order valence-corrected chi connectivity index (χ1v) is 10.4. The molecule has 0 aliphatic rings. The SMILES string of the molecule is Cn1c(COc2cccc(C(F)(F)F)c2)nnc1SCC(=O)Nc1c(Cl)cccc1Cl. The smallest absolute Gasteiger partial charge is 0.416 e. The van der Waals surface area contributed by atoms with Crippen molar-refractivity contribution in [1.29, 1.82) is 0 Å². The van der Waals surface area contributed by atoms with Crippen molar-refractivity contribution < 1.29 is 22.7 Å². The number of carbonyl (C=O) groups excluding carboxylic acids is 1. The highest BCUT2D eigenvalue weighted by atomic mass is 35.5. The monoisotopic (exact) mass is 490 g/mol. The fourth-order valence-corrected chi connectivity index (χ4v) is 3.65. The maximum atomic E-state index is 12.8. The third-order valence-corrected chi connectivity index (χ3v) is 5.66. The topological polar surface area (TPSA) is 69.0 Å². The Labute approximate surface area is 189 Å². The van der Waals surface area contributed by atoms with Gasteiger partial charge in [-0.1, -0.05) is 47.1 Å². The lowest BCUT2D eigenvalue weighted by atomic mass is 10.2. The van der Waals surface area contributed by atoms with E-state index >= 15 is 0 Å². The molecule has 1 amide bonds. The van der Waals surface area contributed by atoms with Crippen molar-refractivity contribution in [3.8, 4) is 5.75 Å². The van der Waals surface area contributed by atoms with Crippen LogP contribution in [0.4, 0.5) is 18.9 Å². The molecule has 1 heterocycles. The summed E-state index contributed by atoms with van der Waals surface area (Å²) in [6.07, 6.45) is -4.46. The van der Waals surface area contributed by atoms with Crippen molar-refractivity contribution in [2.75, 3.05) is 11.1 Å². The molecule has 0 fully saturated rings. The molecule has 164 valence electrons. The second kappa shape index (κ2) is 9.80. The third kappa shape index (κ3) is 6.05. The van der Waals surface area contributed by atoms with E-state index in [1.807, 2.05) is 0 Å². The summed E-state index contributed by atoms with van der Waals surface area (Å²) in [5, 5.41) is 11.7. The van der Waals surface area contributed by atoms with Gasteiger partial charge in [0.1, 0.15) is 12.4 Å². The summed E-state index contributed by atoms with van der Waals surface area (Å²) in [5.74, 6) is 0.115. The van der Waals surface area contributed by atoms with Crippen molar-refractivity contribution in [3.05, 3.63) is 63.9 Å². The van der Waals surface area contributed by atoms with Crippen molar-refractivity contribution in [2.45, 2.75) is 17.9 Å². The Hall–Kier alpha value is -2.43. The highest BCUT2D eigenvalue weighted by molar-refractivity contribution is 7.99. The van der Waals surface area contributed by atoms with E-state index in [1.54, 1.807) is 29.8 Å². The summed E-state index contributed by atoms with van der Waals surface area (Å²) in [6, 6.07) is 9.44. The van der Waals surface area contributed by atoms with E-state index in [0.29, 0.717) is 26.7 Å². The second-order valence-electron chi connectivity index (χ2n) is 6.21. The molecule has 0 spiro atoms. The summed E-state index contributed by atoms with van der Waals surface area (Å²) in [6.45, 7) is -0.0905. The number of carbonyl (C=O) groups is 1. The third-order valence-electron chi connectivity index (χ3n) is 4.01. The average molecular weight is 491 g/mol. The number of thioether (sulfide) groups is 1. The fraction of sp³-hybridized carbons (Fsp3) is 0.211. The number of amides is 1. The number of hydrogen-bond donors (Lipinski definition) is 1. The second-order valence-corrected chi connectivity index (χ2v) is 7.96. The van der Waals surface area contributed by atoms with Gasteiger partial charge in [-0.15, -0.1) is 10.2 Å². The van der Waals surface area contributed by atoms with Gasteiger partial charge in [0.15, 0.2) is 11.0 Å². The molecule has 6 nitrogen and oxygen atoms in total. The van der Waals surface area contributed by atoms with E-state index in [-0.39, 0.29) is 24.0 Å². The van der Waals surface area contributed by atoms with Crippen LogP contribution in [0, 0.1) is 0 Å². The van der Waals surface area contributed by atoms with E-state index in [1.165, 1.54) is 12.1 Å². The van der Waals surface area contributed by atoms with E-state index in [0.717, 1.165) is 23.9 Å². The Morgan fingerprint density at radius 1 is 1.16 bits per heavy atom. The molecular weight excluding hydrogens is 476 g/mol. The van der Waals surface area contributed by atoms with Crippen LogP contribution >= 0.6 is 35.0 Å². The standard InChI is InChI=1S/C19H15Cl2F3N4O2S/c1-28-15(9-30-12-5-2-4-11(8-12)19(22,23)24)26-27-18(28)31-10-16(29)25-17-13(20)6-3-7-14(17)21/h2-8H,9-10H2,1H3,(H,25,29). The minimum absolute atomic E-state index is 0.0159. The Morgan fingerprint density at radius 2 is 1.84 bits per heavy atom. The molecule has 0 bridgehead atoms. The number of nitrogens with one attached hydrogen (secondary N) is 1. The first-order valence-electron chi connectivity index (χ1n) is 8.70. The molecule has 12 heteroatoms. The van der Waals surface area contributed by atoms with E-state index in [9.17, 15) is 18.0 Å². The zero-order valence-electron chi connectivity index (χ0n) is 15.9. The number of ether oxygens (including phenoxy) is 1. The zero-order chi connectivity index (χ0) is 22.6. The molecule has 1 N–H and O–H groups in total. The van der Waals surface area contributed by atoms with Gasteiger partial charge in [-0.05, 0) is 30.3 Å². The predicted octanol–water partition coefficient (Wildman–Crippen LogP) is 5.45. The van der Waals surface area contributed by atoms with Crippen LogP contribution < -0.4 is 10.1 Å². The Morgan fingerprint density at radius 3 is 2.52 bits per heavy atom. The minimum atomic E-state index is -4.46. The largest absolute Gasteiger partial charge is 0.486 e. The molecule has 31 heavy (non-hydrogen) atoms. The number of alkyl halides is 3. The quantitative estimate of drug-likeness (QED) is 0.446. The van der Waals surface area contributed by atoms with Gasteiger partial charge >= 0.3 is 6.18 Å². The first kappa shape index (κ1) is 23.2. The number of para-hydroxylation sites is 1. The maximum Gasteiger partial charge on any atom is 0.416 e. The lowest BCUT2D eigenvalue weighted by Gasteiger charge is -2.10. The highest BCUT2D eigenvalue weighted by Crippen LogP contribution is 2.32. The van der Waals surface area contributed by atoms with Gasteiger partial charge in [-0.25, -0.2) is 0 Å². The number of rotatable bonds is 7. The first-order chi connectivity index (χ1) is 14.6. The fourth-order valence-electron chi connectivity index (χ4n) is 2.43. The van der Waals surface area contributed by atoms with E-state index in [2.05, 4.69) is 15.5 Å². The molecule has 0 saturated carbocycles. The number of hydrogen-bond acceptors (Lipinski definition) is 5. The number of anilines is 1. The highest BCUT2D eigenvalue weighted by Gasteiger charge is 2.30. The van der Waals surface area contributed by atoms with Crippen LogP contribution in [0.5, 0.6) is 5.75 Å². The molecular formula is C19H15Cl2F3N4O2S. The lowest BCUT2D eigenvalue weighted by Crippen LogP contribution is -2.15. The van der Waals surface area contributed by atoms with Crippen LogP contribution in [-0.4, -0.2) is 26.4 Å². The maximum absolute atomic E-state index is 12.8. The van der Waals surface area contributed by atoms with Gasteiger partial charge in [0.2, 0.25) is 5.91 Å². The normalized spacial score (nSPS) is 11.4. The molecule has 0 atom stereocenters. The molecule has 3 aromatic rings. The predicted molar refractivity (Wildman–Crippen MR) is 113 cm³/mol. The molecule has 0 radical (unpaired) electrons. The molecule has 0 unspecified atom stereocenters. The summed E-state index contributed by atoms with van der Waals surface area (Å²) >= 11 is 13.2. The van der Waals surface area contributed by atoms with Crippen LogP contribution in [0.3, 0.4) is 0 Å². The number of aromatic nitrogens is 3. The lowest BCUT2D eigenvalue weighted by molar-refractivity contribution is -0.137. The number of benzene rings is 2. The van der Waals surface area contributed by atoms with Crippen LogP contribution in [0.15, 0.2) is 47.6 Å². The van der Waals surface area contributed by atoms with Crippen molar-refractivity contribution in [2.24, 2.45) is 7.05 Å². The molecule has 1 aromatic heterocycles. The van der Waals surface area contributed by atoms with Crippen LogP contribution in [0.2, 0.25) is 10.0 Å². The Bertz CT molecular complexity index is 1070. The summed E-state index contributed by atoms with van der Waals surface area (Å²) in [5.41, 5.74) is -0.478. The van der Waals surface area contributed by atoms with Crippen molar-refractivity contribution in [1.82, 2.24) is 14.8 Å². The molecule has 0 aliphatic heterocycles. The van der Waals surface area contributed by atoms with Crippen LogP contribution in [0.1, 0.15) is 11.4 Å². The van der Waals surface area contributed by atoms with Crippen LogP contribution in [-0.2, 0) is 24.6 Å². The summed E-state index contributed by atoms with van der Waals surface area (Å²) in [4.78, 5) is 12.2. The summed E-state index contributed by atoms with van der Waals surface area (Å²) < 4.78 is 45.4. The van der Waals surface area contributed by atoms with Gasteiger partial charge in [-0.2, -0.15) is 13.2 Å². The van der Waals surface area contributed by atoms with Crippen molar-refractivity contribution in [3.63, 3.8) is 0 Å². The molecule has 2 aromatic carbocycles. The van der Waals surface area contributed by atoms with Gasteiger partial charge in [0, 0.05) is 7.05 Å². The molecule has 0 aliphatic carbocycles. The minimum Gasteiger partial charge on any atom is -0.486 e. The zero-order valence-corrected chi connectivity index (χ0v) is 18.2. The molecule has 0 saturated heterocycles. The van der Waals surface area contributed by atoms with Crippen molar-refractivity contribution >= 4 is 46.6 Å². The Balaban J connectivity index is 1.57. The number of halogens is 5.